The number of halogens is 1. The summed E-state index contributed by atoms with van der Waals surface area (Å²) in [6.07, 6.45) is 0. The minimum atomic E-state index is -0.531. The Morgan fingerprint density at radius 2 is 1.69 bits per heavy atom. The van der Waals surface area contributed by atoms with Crippen LogP contribution in [-0.2, 0) is 16.0 Å². The predicted octanol–water partition coefficient (Wildman–Crippen LogP) is 5.84. The fourth-order valence-electron chi connectivity index (χ4n) is 3.48. The minimum absolute atomic E-state index is 0.209. The quantitative estimate of drug-likeness (QED) is 0.254. The lowest BCUT2D eigenvalue weighted by Crippen LogP contribution is -2.21. The number of hydrogen-bond donors (Lipinski definition) is 2. The number of aromatic nitrogens is 2. The Bertz CT molecular complexity index is 1250. The molecule has 186 valence electrons. The standard InChI is InChI=1S/C24H27BrN4O4S2/c1-6-32-22(30)18-13(3)20(23(31)33-7-2)35-21(18)27-24(34)26-19-14(4)28-29(15(19)5)12-16-8-10-17(25)11-9-16/h8-11H,6-7,12H2,1-5H3,(H2,26,27,34). The number of ether oxygens (including phenoxy) is 2. The molecule has 0 atom stereocenters. The molecule has 2 N–H and O–H groups in total. The third-order valence-electron chi connectivity index (χ3n) is 5.18. The largest absolute Gasteiger partial charge is 0.462 e. The van der Waals surface area contributed by atoms with Crippen molar-refractivity contribution in [1.29, 1.82) is 0 Å². The summed E-state index contributed by atoms with van der Waals surface area (Å²) in [5.74, 6) is -1.02. The topological polar surface area (TPSA) is 94.5 Å². The van der Waals surface area contributed by atoms with Crippen LogP contribution in [0.15, 0.2) is 28.7 Å². The molecule has 0 aliphatic rings. The molecular formula is C24H27BrN4O4S2. The first-order valence-electron chi connectivity index (χ1n) is 11.0. The van der Waals surface area contributed by atoms with Crippen molar-refractivity contribution in [3.8, 4) is 0 Å². The van der Waals surface area contributed by atoms with Gasteiger partial charge in [-0.25, -0.2) is 9.59 Å². The Balaban J connectivity index is 1.83. The number of thiophene rings is 1. The molecule has 0 radical (unpaired) electrons. The number of esters is 2. The molecule has 8 nitrogen and oxygen atoms in total. The normalized spacial score (nSPS) is 10.7. The third-order valence-corrected chi connectivity index (χ3v) is 7.10. The second-order valence-corrected chi connectivity index (χ2v) is 9.95. The first kappa shape index (κ1) is 26.8. The van der Waals surface area contributed by atoms with Gasteiger partial charge in [-0.15, -0.1) is 11.3 Å². The Hall–Kier alpha value is -2.76. The molecule has 3 aromatic rings. The maximum Gasteiger partial charge on any atom is 0.348 e. The van der Waals surface area contributed by atoms with Crippen molar-refractivity contribution in [1.82, 2.24) is 9.78 Å². The van der Waals surface area contributed by atoms with Gasteiger partial charge in [-0.3, -0.25) is 4.68 Å². The van der Waals surface area contributed by atoms with Crippen LogP contribution in [0.5, 0.6) is 0 Å². The molecule has 0 amide bonds. The van der Waals surface area contributed by atoms with E-state index in [0.717, 1.165) is 38.4 Å². The highest BCUT2D eigenvalue weighted by Gasteiger charge is 2.27. The zero-order chi connectivity index (χ0) is 25.7. The van der Waals surface area contributed by atoms with Crippen molar-refractivity contribution in [2.24, 2.45) is 0 Å². The maximum atomic E-state index is 12.6. The molecule has 11 heteroatoms. The number of anilines is 2. The molecular weight excluding hydrogens is 552 g/mol. The van der Waals surface area contributed by atoms with Crippen molar-refractivity contribution in [3.63, 3.8) is 0 Å². The summed E-state index contributed by atoms with van der Waals surface area (Å²) < 4.78 is 13.3. The van der Waals surface area contributed by atoms with E-state index in [2.05, 4.69) is 31.7 Å². The monoisotopic (exact) mass is 578 g/mol. The molecule has 0 aliphatic heterocycles. The van der Waals surface area contributed by atoms with E-state index in [1.165, 1.54) is 0 Å². The lowest BCUT2D eigenvalue weighted by Gasteiger charge is -2.12. The molecule has 0 spiro atoms. The molecule has 0 aliphatic carbocycles. The third kappa shape index (κ3) is 6.28. The Morgan fingerprint density at radius 3 is 2.31 bits per heavy atom. The van der Waals surface area contributed by atoms with Gasteiger partial charge in [-0.2, -0.15) is 5.10 Å². The van der Waals surface area contributed by atoms with Gasteiger partial charge in [0.1, 0.15) is 9.88 Å². The van der Waals surface area contributed by atoms with Crippen LogP contribution in [-0.4, -0.2) is 40.0 Å². The van der Waals surface area contributed by atoms with Crippen molar-refractivity contribution in [2.75, 3.05) is 23.8 Å². The number of hydrogen-bond acceptors (Lipinski definition) is 7. The smallest absolute Gasteiger partial charge is 0.348 e. The van der Waals surface area contributed by atoms with Crippen molar-refractivity contribution >= 4 is 67.2 Å². The van der Waals surface area contributed by atoms with Crippen LogP contribution >= 0.6 is 39.5 Å². The van der Waals surface area contributed by atoms with E-state index >= 15 is 0 Å². The summed E-state index contributed by atoms with van der Waals surface area (Å²) in [6, 6.07) is 8.07. The van der Waals surface area contributed by atoms with Crippen LogP contribution in [0.25, 0.3) is 0 Å². The summed E-state index contributed by atoms with van der Waals surface area (Å²) in [5.41, 5.74) is 4.34. The van der Waals surface area contributed by atoms with E-state index in [1.807, 2.05) is 42.8 Å². The van der Waals surface area contributed by atoms with E-state index in [1.54, 1.807) is 20.8 Å². The number of carbonyl (C=O) groups excluding carboxylic acids is 2. The second-order valence-electron chi connectivity index (χ2n) is 7.61. The van der Waals surface area contributed by atoms with Crippen molar-refractivity contribution < 1.29 is 19.1 Å². The first-order chi connectivity index (χ1) is 16.7. The van der Waals surface area contributed by atoms with Gasteiger partial charge < -0.3 is 20.1 Å². The highest BCUT2D eigenvalue weighted by Crippen LogP contribution is 2.34. The van der Waals surface area contributed by atoms with Gasteiger partial charge in [-0.05, 0) is 70.1 Å². The van der Waals surface area contributed by atoms with Crippen LogP contribution in [0.2, 0.25) is 0 Å². The fourth-order valence-corrected chi connectivity index (χ4v) is 5.11. The summed E-state index contributed by atoms with van der Waals surface area (Å²) in [5, 5.41) is 11.6. The lowest BCUT2D eigenvalue weighted by molar-refractivity contribution is 0.0527. The van der Waals surface area contributed by atoms with E-state index in [0.29, 0.717) is 22.0 Å². The molecule has 0 bridgehead atoms. The number of carbonyl (C=O) groups is 2. The number of aryl methyl sites for hydroxylation is 1. The predicted molar refractivity (Wildman–Crippen MR) is 146 cm³/mol. The van der Waals surface area contributed by atoms with E-state index < -0.39 is 11.9 Å². The summed E-state index contributed by atoms with van der Waals surface area (Å²) in [7, 11) is 0. The van der Waals surface area contributed by atoms with E-state index in [9.17, 15) is 9.59 Å². The number of thiocarbonyl (C=S) groups is 1. The second kappa shape index (κ2) is 11.8. The molecule has 35 heavy (non-hydrogen) atoms. The van der Waals surface area contributed by atoms with E-state index in [-0.39, 0.29) is 23.9 Å². The van der Waals surface area contributed by atoms with Gasteiger partial charge in [-0.1, -0.05) is 28.1 Å². The summed E-state index contributed by atoms with van der Waals surface area (Å²) in [4.78, 5) is 25.4. The average Bonchev–Trinajstić information content (AvgIpc) is 3.26. The highest BCUT2D eigenvalue weighted by molar-refractivity contribution is 9.10. The Kier molecular flexibility index (Phi) is 9.03. The molecule has 0 saturated heterocycles. The Labute approximate surface area is 222 Å². The highest BCUT2D eigenvalue weighted by atomic mass is 79.9. The molecule has 0 unspecified atom stereocenters. The van der Waals surface area contributed by atoms with Crippen molar-refractivity contribution in [2.45, 2.75) is 41.2 Å². The summed E-state index contributed by atoms with van der Waals surface area (Å²) in [6.45, 7) is 10.1. The lowest BCUT2D eigenvalue weighted by atomic mass is 10.1. The summed E-state index contributed by atoms with van der Waals surface area (Å²) >= 11 is 10.1. The maximum absolute atomic E-state index is 12.6. The van der Waals surface area contributed by atoms with Crippen LogP contribution < -0.4 is 10.6 Å². The zero-order valence-corrected chi connectivity index (χ0v) is 23.4. The number of nitrogens with zero attached hydrogens (tertiary/aromatic N) is 2. The molecule has 2 heterocycles. The average molecular weight is 580 g/mol. The number of nitrogens with one attached hydrogen (secondary N) is 2. The molecule has 1 aromatic carbocycles. The molecule has 3 rings (SSSR count). The van der Waals surface area contributed by atoms with Gasteiger partial charge in [0.15, 0.2) is 5.11 Å². The SMILES string of the molecule is CCOC(=O)c1sc(NC(=S)Nc2c(C)nn(Cc3ccc(Br)cc3)c2C)c(C(=O)OCC)c1C. The Morgan fingerprint density at radius 1 is 1.06 bits per heavy atom. The molecule has 0 saturated carbocycles. The van der Waals surface area contributed by atoms with Crippen LogP contribution in [0.4, 0.5) is 10.7 Å². The van der Waals surface area contributed by atoms with Gasteiger partial charge in [0.25, 0.3) is 0 Å². The number of rotatable bonds is 8. The van der Waals surface area contributed by atoms with Gasteiger partial charge in [0.2, 0.25) is 0 Å². The fraction of sp³-hybridized carbons (Fsp3) is 0.333. The van der Waals surface area contributed by atoms with Crippen LogP contribution in [0.3, 0.4) is 0 Å². The van der Waals surface area contributed by atoms with Gasteiger partial charge in [0.05, 0.1) is 42.4 Å². The molecule has 2 aromatic heterocycles. The van der Waals surface area contributed by atoms with Crippen molar-refractivity contribution in [3.05, 3.63) is 61.7 Å². The van der Waals surface area contributed by atoms with E-state index in [4.69, 9.17) is 21.7 Å². The van der Waals surface area contributed by atoms with Crippen LogP contribution in [0.1, 0.15) is 56.4 Å². The first-order valence-corrected chi connectivity index (χ1v) is 13.0. The van der Waals surface area contributed by atoms with Crippen LogP contribution in [0, 0.1) is 20.8 Å². The number of benzene rings is 1. The van der Waals surface area contributed by atoms with Gasteiger partial charge in [0, 0.05) is 4.47 Å². The minimum Gasteiger partial charge on any atom is -0.462 e. The molecule has 0 fully saturated rings. The zero-order valence-electron chi connectivity index (χ0n) is 20.2. The van der Waals surface area contributed by atoms with Gasteiger partial charge >= 0.3 is 11.9 Å².